The molecule has 1 aliphatic rings. The predicted molar refractivity (Wildman–Crippen MR) is 98.5 cm³/mol. The number of carbonyl (C=O) groups is 1. The zero-order chi connectivity index (χ0) is 17.2. The van der Waals surface area contributed by atoms with Crippen molar-refractivity contribution in [2.75, 3.05) is 23.3 Å². The van der Waals surface area contributed by atoms with Gasteiger partial charge in [0.15, 0.2) is 11.5 Å². The molecular formula is C18H18ClN5O. The fourth-order valence-corrected chi connectivity index (χ4v) is 3.27. The molecule has 0 bridgehead atoms. The van der Waals surface area contributed by atoms with Crippen LogP contribution in [-0.4, -0.2) is 33.6 Å². The number of carbonyl (C=O) groups excluding carboxylic acids is 1. The van der Waals surface area contributed by atoms with Crippen molar-refractivity contribution >= 4 is 34.8 Å². The van der Waals surface area contributed by atoms with Crippen molar-refractivity contribution in [3.63, 3.8) is 0 Å². The summed E-state index contributed by atoms with van der Waals surface area (Å²) in [5, 5.41) is 7.81. The van der Waals surface area contributed by atoms with Crippen LogP contribution in [0.1, 0.15) is 29.6 Å². The van der Waals surface area contributed by atoms with E-state index in [1.54, 1.807) is 35.0 Å². The molecule has 4 rings (SSSR count). The molecule has 1 N–H and O–H groups in total. The van der Waals surface area contributed by atoms with E-state index in [-0.39, 0.29) is 5.91 Å². The molecule has 0 unspecified atom stereocenters. The lowest BCUT2D eigenvalue weighted by atomic mass is 10.1. The number of aromatic nitrogens is 3. The molecule has 1 amide bonds. The van der Waals surface area contributed by atoms with Crippen LogP contribution >= 0.6 is 11.6 Å². The highest BCUT2D eigenvalue weighted by Gasteiger charge is 2.15. The summed E-state index contributed by atoms with van der Waals surface area (Å²) in [7, 11) is 0. The molecule has 7 heteroatoms. The van der Waals surface area contributed by atoms with Gasteiger partial charge in [0.2, 0.25) is 0 Å². The molecule has 1 aromatic carbocycles. The Morgan fingerprint density at radius 1 is 1.08 bits per heavy atom. The monoisotopic (exact) mass is 355 g/mol. The van der Waals surface area contributed by atoms with E-state index in [0.717, 1.165) is 18.9 Å². The Bertz CT molecular complexity index is 917. The number of imidazole rings is 1. The van der Waals surface area contributed by atoms with Crippen molar-refractivity contribution in [3.8, 4) is 0 Å². The molecule has 3 heterocycles. The number of nitrogens with one attached hydrogen (secondary N) is 1. The van der Waals surface area contributed by atoms with Crippen LogP contribution in [-0.2, 0) is 0 Å². The van der Waals surface area contributed by atoms with Gasteiger partial charge in [-0.2, -0.15) is 0 Å². The Balaban J connectivity index is 1.56. The molecule has 0 aliphatic carbocycles. The second-order valence-corrected chi connectivity index (χ2v) is 6.51. The van der Waals surface area contributed by atoms with Gasteiger partial charge in [-0.15, -0.1) is 5.10 Å². The molecule has 128 valence electrons. The fourth-order valence-electron chi connectivity index (χ4n) is 3.05. The first-order chi connectivity index (χ1) is 12.2. The highest BCUT2D eigenvalue weighted by Crippen LogP contribution is 2.20. The number of halogens is 1. The van der Waals surface area contributed by atoms with Gasteiger partial charge in [0.25, 0.3) is 5.91 Å². The number of hydrogen-bond donors (Lipinski definition) is 1. The van der Waals surface area contributed by atoms with E-state index in [9.17, 15) is 4.79 Å². The van der Waals surface area contributed by atoms with E-state index in [0.29, 0.717) is 22.1 Å². The molecule has 1 fully saturated rings. The Morgan fingerprint density at radius 3 is 2.68 bits per heavy atom. The normalized spacial score (nSPS) is 14.7. The van der Waals surface area contributed by atoms with Crippen LogP contribution in [0.15, 0.2) is 42.6 Å². The first kappa shape index (κ1) is 15.9. The van der Waals surface area contributed by atoms with Crippen LogP contribution in [0.5, 0.6) is 0 Å². The summed E-state index contributed by atoms with van der Waals surface area (Å²) in [6.07, 6.45) is 5.39. The zero-order valence-electron chi connectivity index (χ0n) is 13.7. The Hall–Kier alpha value is -2.60. The average molecular weight is 356 g/mol. The summed E-state index contributed by atoms with van der Waals surface area (Å²) in [4.78, 5) is 19.0. The van der Waals surface area contributed by atoms with Crippen molar-refractivity contribution in [1.29, 1.82) is 0 Å². The van der Waals surface area contributed by atoms with E-state index < -0.39 is 0 Å². The van der Waals surface area contributed by atoms with Crippen LogP contribution in [0.25, 0.3) is 5.65 Å². The van der Waals surface area contributed by atoms with Gasteiger partial charge in [0, 0.05) is 13.1 Å². The first-order valence-electron chi connectivity index (χ1n) is 8.38. The summed E-state index contributed by atoms with van der Waals surface area (Å²) in [6.45, 7) is 2.06. The molecule has 3 aromatic rings. The number of benzene rings is 1. The summed E-state index contributed by atoms with van der Waals surface area (Å²) in [5.74, 6) is 1.10. The number of anilines is 2. The maximum Gasteiger partial charge on any atom is 0.258 e. The number of amides is 1. The van der Waals surface area contributed by atoms with Gasteiger partial charge in [-0.1, -0.05) is 23.7 Å². The van der Waals surface area contributed by atoms with Crippen molar-refractivity contribution in [2.45, 2.75) is 19.3 Å². The summed E-state index contributed by atoms with van der Waals surface area (Å²) in [5.41, 5.74) is 1.11. The lowest BCUT2D eigenvalue weighted by Gasteiger charge is -2.27. The maximum atomic E-state index is 12.4. The summed E-state index contributed by atoms with van der Waals surface area (Å²) >= 11 is 6.07. The van der Waals surface area contributed by atoms with Crippen LogP contribution in [0, 0.1) is 0 Å². The number of fused-ring (bicyclic) bond motifs is 1. The van der Waals surface area contributed by atoms with Crippen molar-refractivity contribution < 1.29 is 4.79 Å². The van der Waals surface area contributed by atoms with Crippen LogP contribution in [0.4, 0.5) is 11.6 Å². The molecule has 1 aliphatic heterocycles. The molecule has 2 aromatic heterocycles. The predicted octanol–water partition coefficient (Wildman–Crippen LogP) is 3.63. The maximum absolute atomic E-state index is 12.4. The SMILES string of the molecule is O=C(Nc1cn2nc(N3CCCCC3)ccc2n1)c1ccccc1Cl. The number of piperidine rings is 1. The fraction of sp³-hybridized carbons (Fsp3) is 0.278. The minimum Gasteiger partial charge on any atom is -0.355 e. The lowest BCUT2D eigenvalue weighted by molar-refractivity contribution is 0.102. The molecule has 0 atom stereocenters. The highest BCUT2D eigenvalue weighted by atomic mass is 35.5. The molecule has 0 radical (unpaired) electrons. The Labute approximate surface area is 150 Å². The third-order valence-corrected chi connectivity index (χ3v) is 4.68. The highest BCUT2D eigenvalue weighted by molar-refractivity contribution is 6.34. The first-order valence-corrected chi connectivity index (χ1v) is 8.76. The molecular weight excluding hydrogens is 338 g/mol. The Morgan fingerprint density at radius 2 is 1.88 bits per heavy atom. The van der Waals surface area contributed by atoms with Crippen LogP contribution < -0.4 is 10.2 Å². The van der Waals surface area contributed by atoms with Gasteiger partial charge in [0.05, 0.1) is 16.8 Å². The molecule has 6 nitrogen and oxygen atoms in total. The second-order valence-electron chi connectivity index (χ2n) is 6.10. The summed E-state index contributed by atoms with van der Waals surface area (Å²) in [6, 6.07) is 10.8. The standard InChI is InChI=1S/C18H18ClN5O/c19-14-7-3-2-6-13(14)18(25)21-15-12-24-16(20-15)8-9-17(22-24)23-10-4-1-5-11-23/h2-3,6-9,12H,1,4-5,10-11H2,(H,21,25). The third-order valence-electron chi connectivity index (χ3n) is 4.35. The van der Waals surface area contributed by atoms with Gasteiger partial charge in [0.1, 0.15) is 5.82 Å². The number of hydrogen-bond acceptors (Lipinski definition) is 4. The number of nitrogens with zero attached hydrogens (tertiary/aromatic N) is 4. The topological polar surface area (TPSA) is 62.5 Å². The van der Waals surface area contributed by atoms with Gasteiger partial charge in [-0.3, -0.25) is 4.79 Å². The molecule has 0 saturated carbocycles. The van der Waals surface area contributed by atoms with Crippen LogP contribution in [0.3, 0.4) is 0 Å². The van der Waals surface area contributed by atoms with Crippen molar-refractivity contribution in [3.05, 3.63) is 53.2 Å². The molecule has 1 saturated heterocycles. The minimum atomic E-state index is -0.287. The van der Waals surface area contributed by atoms with Crippen molar-refractivity contribution in [1.82, 2.24) is 14.6 Å². The zero-order valence-corrected chi connectivity index (χ0v) is 14.4. The van der Waals surface area contributed by atoms with Gasteiger partial charge in [-0.25, -0.2) is 9.50 Å². The average Bonchev–Trinajstić information content (AvgIpc) is 3.04. The lowest BCUT2D eigenvalue weighted by Crippen LogP contribution is -2.30. The third kappa shape index (κ3) is 3.30. The number of rotatable bonds is 3. The van der Waals surface area contributed by atoms with E-state index in [1.165, 1.54) is 19.3 Å². The van der Waals surface area contributed by atoms with Crippen molar-refractivity contribution in [2.24, 2.45) is 0 Å². The summed E-state index contributed by atoms with van der Waals surface area (Å²) < 4.78 is 1.70. The van der Waals surface area contributed by atoms with E-state index in [1.807, 2.05) is 12.1 Å². The second kappa shape index (κ2) is 6.72. The smallest absolute Gasteiger partial charge is 0.258 e. The van der Waals surface area contributed by atoms with Gasteiger partial charge in [-0.05, 0) is 43.5 Å². The van der Waals surface area contributed by atoms with E-state index in [2.05, 4.69) is 20.3 Å². The Kier molecular flexibility index (Phi) is 4.28. The van der Waals surface area contributed by atoms with E-state index in [4.69, 9.17) is 11.6 Å². The van der Waals surface area contributed by atoms with Crippen LogP contribution in [0.2, 0.25) is 5.02 Å². The van der Waals surface area contributed by atoms with Gasteiger partial charge < -0.3 is 10.2 Å². The van der Waals surface area contributed by atoms with E-state index >= 15 is 0 Å². The molecule has 25 heavy (non-hydrogen) atoms. The van der Waals surface area contributed by atoms with Gasteiger partial charge >= 0.3 is 0 Å². The largest absolute Gasteiger partial charge is 0.355 e. The minimum absolute atomic E-state index is 0.287. The molecule has 0 spiro atoms. The quantitative estimate of drug-likeness (QED) is 0.779.